The van der Waals surface area contributed by atoms with Gasteiger partial charge in [-0.2, -0.15) is 0 Å². The Kier molecular flexibility index (Phi) is 2.69. The molecule has 1 aliphatic carbocycles. The molecule has 6 nitrogen and oxygen atoms in total. The third kappa shape index (κ3) is 1.73. The van der Waals surface area contributed by atoms with Crippen molar-refractivity contribution in [2.45, 2.75) is 18.8 Å². The number of benzene rings is 1. The summed E-state index contributed by atoms with van der Waals surface area (Å²) in [6.07, 6.45) is 0.347. The van der Waals surface area contributed by atoms with Crippen LogP contribution in [0.5, 0.6) is 0 Å². The number of carbonyl (C=O) groups excluding carboxylic acids is 4. The van der Waals surface area contributed by atoms with Gasteiger partial charge >= 0.3 is 23.9 Å². The molecule has 0 spiro atoms. The molecule has 4 unspecified atom stereocenters. The fourth-order valence-electron chi connectivity index (χ4n) is 3.87. The van der Waals surface area contributed by atoms with E-state index in [1.54, 1.807) is 0 Å². The van der Waals surface area contributed by atoms with Crippen LogP contribution < -0.4 is 0 Å². The summed E-state index contributed by atoms with van der Waals surface area (Å²) in [6, 6.07) is 7.37. The van der Waals surface area contributed by atoms with Gasteiger partial charge in [-0.1, -0.05) is 24.3 Å². The van der Waals surface area contributed by atoms with Crippen LogP contribution in [0.25, 0.3) is 0 Å². The topological polar surface area (TPSA) is 86.7 Å². The molecule has 1 aromatic rings. The van der Waals surface area contributed by atoms with Gasteiger partial charge in [0, 0.05) is 5.92 Å². The number of carbonyl (C=O) groups is 4. The van der Waals surface area contributed by atoms with Crippen molar-refractivity contribution in [2.75, 3.05) is 0 Å². The summed E-state index contributed by atoms with van der Waals surface area (Å²) in [5.74, 6) is -4.96. The molecule has 4 atom stereocenters. The van der Waals surface area contributed by atoms with Crippen LogP contribution in [-0.2, 0) is 35.1 Å². The molecule has 4 rings (SSSR count). The van der Waals surface area contributed by atoms with Gasteiger partial charge in [0.1, 0.15) is 0 Å². The highest BCUT2D eigenvalue weighted by molar-refractivity contribution is 6.00. The van der Waals surface area contributed by atoms with Crippen molar-refractivity contribution in [3.63, 3.8) is 0 Å². The van der Waals surface area contributed by atoms with Crippen molar-refractivity contribution >= 4 is 23.9 Å². The summed E-state index contributed by atoms with van der Waals surface area (Å²) in [5.41, 5.74) is 1.74. The van der Waals surface area contributed by atoms with E-state index in [1.165, 1.54) is 0 Å². The SMILES string of the molecule is O=C1CC(C2c3ccccc3CC3C(=O)OC(=O)C32)C(=O)O1. The lowest BCUT2D eigenvalue weighted by atomic mass is 9.65. The summed E-state index contributed by atoms with van der Waals surface area (Å²) in [5, 5.41) is 0. The lowest BCUT2D eigenvalue weighted by Gasteiger charge is -2.33. The molecule has 6 heteroatoms. The quantitative estimate of drug-likeness (QED) is 0.561. The second kappa shape index (κ2) is 4.50. The molecule has 0 amide bonds. The molecule has 0 aromatic heterocycles. The van der Waals surface area contributed by atoms with Gasteiger partial charge < -0.3 is 9.47 Å². The predicted octanol–water partition coefficient (Wildman–Crippen LogP) is 0.732. The van der Waals surface area contributed by atoms with Gasteiger partial charge in [-0.15, -0.1) is 0 Å². The summed E-state index contributed by atoms with van der Waals surface area (Å²) >= 11 is 0. The first-order valence-corrected chi connectivity index (χ1v) is 7.14. The Balaban J connectivity index is 1.85. The highest BCUT2D eigenvalue weighted by Crippen LogP contribution is 2.49. The normalized spacial score (nSPS) is 33.3. The van der Waals surface area contributed by atoms with Crippen LogP contribution in [0.1, 0.15) is 23.5 Å². The Labute approximate surface area is 125 Å². The average molecular weight is 300 g/mol. The summed E-state index contributed by atoms with van der Waals surface area (Å²) in [4.78, 5) is 47.4. The predicted molar refractivity (Wildman–Crippen MR) is 70.2 cm³/mol. The van der Waals surface area contributed by atoms with Crippen molar-refractivity contribution in [2.24, 2.45) is 17.8 Å². The zero-order chi connectivity index (χ0) is 15.4. The maximum atomic E-state index is 12.1. The van der Waals surface area contributed by atoms with Gasteiger partial charge in [0.15, 0.2) is 0 Å². The van der Waals surface area contributed by atoms with Crippen molar-refractivity contribution in [3.05, 3.63) is 35.4 Å². The van der Waals surface area contributed by atoms with Crippen molar-refractivity contribution < 1.29 is 28.7 Å². The first-order chi connectivity index (χ1) is 10.6. The highest BCUT2D eigenvalue weighted by atomic mass is 16.6. The van der Waals surface area contributed by atoms with Crippen molar-refractivity contribution in [1.29, 1.82) is 0 Å². The van der Waals surface area contributed by atoms with Crippen LogP contribution >= 0.6 is 0 Å². The van der Waals surface area contributed by atoms with E-state index < -0.39 is 47.5 Å². The number of hydrogen-bond acceptors (Lipinski definition) is 6. The maximum absolute atomic E-state index is 12.1. The molecular weight excluding hydrogens is 288 g/mol. The summed E-state index contributed by atoms with van der Waals surface area (Å²) in [7, 11) is 0. The minimum absolute atomic E-state index is 0.0669. The Morgan fingerprint density at radius 1 is 0.773 bits per heavy atom. The number of ether oxygens (including phenoxy) is 2. The molecule has 2 saturated heterocycles. The van der Waals surface area contributed by atoms with E-state index in [9.17, 15) is 19.2 Å². The molecule has 2 aliphatic heterocycles. The first-order valence-electron chi connectivity index (χ1n) is 7.14. The molecule has 2 heterocycles. The lowest BCUT2D eigenvalue weighted by Crippen LogP contribution is -2.37. The van der Waals surface area contributed by atoms with Gasteiger partial charge in [0.05, 0.1) is 24.2 Å². The molecule has 22 heavy (non-hydrogen) atoms. The van der Waals surface area contributed by atoms with Crippen LogP contribution in [0.4, 0.5) is 0 Å². The molecule has 2 fully saturated rings. The first kappa shape index (κ1) is 13.2. The smallest absolute Gasteiger partial charge is 0.318 e. The number of fused-ring (bicyclic) bond motifs is 2. The third-order valence-corrected chi connectivity index (χ3v) is 4.79. The zero-order valence-electron chi connectivity index (χ0n) is 11.5. The van der Waals surface area contributed by atoms with E-state index in [0.717, 1.165) is 11.1 Å². The van der Waals surface area contributed by atoms with Gasteiger partial charge in [0.25, 0.3) is 0 Å². The third-order valence-electron chi connectivity index (χ3n) is 4.79. The van der Waals surface area contributed by atoms with E-state index in [0.29, 0.717) is 6.42 Å². The molecule has 112 valence electrons. The van der Waals surface area contributed by atoms with E-state index >= 15 is 0 Å². The van der Waals surface area contributed by atoms with E-state index in [4.69, 9.17) is 4.74 Å². The van der Waals surface area contributed by atoms with E-state index in [-0.39, 0.29) is 6.42 Å². The lowest BCUT2D eigenvalue weighted by molar-refractivity contribution is -0.154. The van der Waals surface area contributed by atoms with E-state index in [1.807, 2.05) is 24.3 Å². The number of cyclic esters (lactones) is 4. The van der Waals surface area contributed by atoms with E-state index in [2.05, 4.69) is 4.74 Å². The molecule has 0 saturated carbocycles. The van der Waals surface area contributed by atoms with Crippen LogP contribution in [0, 0.1) is 17.8 Å². The van der Waals surface area contributed by atoms with Gasteiger partial charge in [-0.3, -0.25) is 19.2 Å². The molecular formula is C16H12O6. The average Bonchev–Trinajstić information content (AvgIpc) is 2.96. The van der Waals surface area contributed by atoms with Crippen molar-refractivity contribution in [3.8, 4) is 0 Å². The van der Waals surface area contributed by atoms with Crippen LogP contribution in [0.2, 0.25) is 0 Å². The molecule has 0 radical (unpaired) electrons. The monoisotopic (exact) mass is 300 g/mol. The van der Waals surface area contributed by atoms with Gasteiger partial charge in [-0.05, 0) is 17.5 Å². The number of hydrogen-bond donors (Lipinski definition) is 0. The van der Waals surface area contributed by atoms with Crippen molar-refractivity contribution in [1.82, 2.24) is 0 Å². The Hall–Kier alpha value is -2.50. The largest absolute Gasteiger partial charge is 0.393 e. The van der Waals surface area contributed by atoms with Crippen LogP contribution in [0.3, 0.4) is 0 Å². The van der Waals surface area contributed by atoms with Gasteiger partial charge in [-0.25, -0.2) is 0 Å². The summed E-state index contributed by atoms with van der Waals surface area (Å²) in [6.45, 7) is 0. The standard InChI is InChI=1S/C16H12O6/c17-11-6-10(14(18)21-11)12-8-4-2-1-3-7(8)5-9-13(12)16(20)22-15(9)19/h1-4,9-10,12-13H,5-6H2. The number of esters is 4. The fourth-order valence-corrected chi connectivity index (χ4v) is 3.87. The molecule has 0 N–H and O–H groups in total. The molecule has 0 bridgehead atoms. The molecule has 1 aromatic carbocycles. The molecule has 3 aliphatic rings. The van der Waals surface area contributed by atoms with Crippen LogP contribution in [0.15, 0.2) is 24.3 Å². The Bertz CT molecular complexity index is 721. The van der Waals surface area contributed by atoms with Gasteiger partial charge in [0.2, 0.25) is 0 Å². The minimum atomic E-state index is -0.736. The van der Waals surface area contributed by atoms with Crippen LogP contribution in [-0.4, -0.2) is 23.9 Å². The fraction of sp³-hybridized carbons (Fsp3) is 0.375. The zero-order valence-corrected chi connectivity index (χ0v) is 11.5. The second-order valence-corrected chi connectivity index (χ2v) is 5.90. The Morgan fingerprint density at radius 2 is 1.45 bits per heavy atom. The second-order valence-electron chi connectivity index (χ2n) is 5.90. The minimum Gasteiger partial charge on any atom is -0.393 e. The highest BCUT2D eigenvalue weighted by Gasteiger charge is 2.56. The number of rotatable bonds is 1. The Morgan fingerprint density at radius 3 is 2.18 bits per heavy atom. The summed E-state index contributed by atoms with van der Waals surface area (Å²) < 4.78 is 9.41. The maximum Gasteiger partial charge on any atom is 0.318 e.